The molecule has 0 saturated carbocycles. The van der Waals surface area contributed by atoms with Crippen LogP contribution in [0.2, 0.25) is 0 Å². The average molecular weight is 150 g/mol. The largest absolute Gasteiger partial charge is 0.385 e. The molecule has 0 spiro atoms. The molecule has 4 nitrogen and oxygen atoms in total. The van der Waals surface area contributed by atoms with Gasteiger partial charge in [-0.1, -0.05) is 12.7 Å². The number of nitrogens with zero attached hydrogens (tertiary/aromatic N) is 2. The van der Waals surface area contributed by atoms with Crippen molar-refractivity contribution in [3.8, 4) is 0 Å². The second-order valence-corrected chi connectivity index (χ2v) is 1.90. The molecular weight excluding hydrogens is 140 g/mol. The minimum atomic E-state index is 0.715. The summed E-state index contributed by atoms with van der Waals surface area (Å²) in [5, 5.41) is 10.4. The van der Waals surface area contributed by atoms with E-state index in [1.807, 2.05) is 13.1 Å². The Morgan fingerprint density at radius 3 is 3.09 bits per heavy atom. The summed E-state index contributed by atoms with van der Waals surface area (Å²) in [6.07, 6.45) is 5.04. The van der Waals surface area contributed by atoms with Crippen LogP contribution in [0, 0.1) is 0 Å². The van der Waals surface area contributed by atoms with Crippen LogP contribution in [0.5, 0.6) is 0 Å². The van der Waals surface area contributed by atoms with E-state index >= 15 is 0 Å². The molecule has 4 heteroatoms. The fraction of sp³-hybridized carbons (Fsp3) is 0.143. The van der Waals surface area contributed by atoms with Gasteiger partial charge in [0.25, 0.3) is 0 Å². The number of aromatic amines is 1. The van der Waals surface area contributed by atoms with Crippen LogP contribution in [0.25, 0.3) is 5.70 Å². The SMILES string of the molecule is C=C/C=C(\NC)c1nnc[nH]1. The van der Waals surface area contributed by atoms with E-state index in [2.05, 4.69) is 27.1 Å². The van der Waals surface area contributed by atoms with Gasteiger partial charge in [0, 0.05) is 7.05 Å². The van der Waals surface area contributed by atoms with Gasteiger partial charge in [-0.05, 0) is 6.08 Å². The zero-order chi connectivity index (χ0) is 8.10. The Labute approximate surface area is 65.0 Å². The van der Waals surface area contributed by atoms with Crippen molar-refractivity contribution >= 4 is 5.70 Å². The van der Waals surface area contributed by atoms with Crippen molar-refractivity contribution in [2.45, 2.75) is 0 Å². The predicted molar refractivity (Wildman–Crippen MR) is 43.6 cm³/mol. The van der Waals surface area contributed by atoms with Crippen LogP contribution in [0.3, 0.4) is 0 Å². The fourth-order valence-electron chi connectivity index (χ4n) is 0.736. The molecule has 0 saturated heterocycles. The van der Waals surface area contributed by atoms with Crippen molar-refractivity contribution in [3.63, 3.8) is 0 Å². The van der Waals surface area contributed by atoms with Crippen molar-refractivity contribution in [3.05, 3.63) is 30.9 Å². The van der Waals surface area contributed by atoms with E-state index in [0.29, 0.717) is 5.82 Å². The van der Waals surface area contributed by atoms with Gasteiger partial charge in [-0.2, -0.15) is 0 Å². The Bertz CT molecular complexity index is 247. The summed E-state index contributed by atoms with van der Waals surface area (Å²) < 4.78 is 0. The lowest BCUT2D eigenvalue weighted by atomic mass is 10.4. The third kappa shape index (κ3) is 1.67. The number of hydrogen-bond acceptors (Lipinski definition) is 3. The van der Waals surface area contributed by atoms with Crippen LogP contribution < -0.4 is 5.32 Å². The molecule has 0 aromatic carbocycles. The highest BCUT2D eigenvalue weighted by Gasteiger charge is 1.98. The highest BCUT2D eigenvalue weighted by molar-refractivity contribution is 5.58. The predicted octanol–water partition coefficient (Wildman–Crippen LogP) is 0.551. The Balaban J connectivity index is 2.88. The van der Waals surface area contributed by atoms with Crippen LogP contribution in [-0.2, 0) is 0 Å². The van der Waals surface area contributed by atoms with Crippen LogP contribution in [0.1, 0.15) is 5.82 Å². The smallest absolute Gasteiger partial charge is 0.177 e. The van der Waals surface area contributed by atoms with Gasteiger partial charge in [-0.3, -0.25) is 0 Å². The third-order valence-electron chi connectivity index (χ3n) is 1.23. The lowest BCUT2D eigenvalue weighted by molar-refractivity contribution is 1.02. The molecule has 0 aliphatic rings. The lowest BCUT2D eigenvalue weighted by Crippen LogP contribution is -2.05. The number of nitrogens with one attached hydrogen (secondary N) is 2. The fourth-order valence-corrected chi connectivity index (χ4v) is 0.736. The number of allylic oxidation sites excluding steroid dienone is 2. The van der Waals surface area contributed by atoms with Crippen LogP contribution in [-0.4, -0.2) is 22.2 Å². The molecule has 2 N–H and O–H groups in total. The van der Waals surface area contributed by atoms with Crippen LogP contribution >= 0.6 is 0 Å². The minimum Gasteiger partial charge on any atom is -0.385 e. The molecule has 0 radical (unpaired) electrons. The Morgan fingerprint density at radius 1 is 1.82 bits per heavy atom. The van der Waals surface area contributed by atoms with Crippen molar-refractivity contribution in [1.82, 2.24) is 20.5 Å². The summed E-state index contributed by atoms with van der Waals surface area (Å²) in [5.41, 5.74) is 0.873. The second kappa shape index (κ2) is 3.55. The summed E-state index contributed by atoms with van der Waals surface area (Å²) in [4.78, 5) is 2.87. The van der Waals surface area contributed by atoms with Crippen LogP contribution in [0.4, 0.5) is 0 Å². The topological polar surface area (TPSA) is 53.6 Å². The quantitative estimate of drug-likeness (QED) is 0.619. The molecule has 1 heterocycles. The molecular formula is C7H10N4. The van der Waals surface area contributed by atoms with E-state index in [4.69, 9.17) is 0 Å². The van der Waals surface area contributed by atoms with Gasteiger partial charge in [0.15, 0.2) is 5.82 Å². The maximum atomic E-state index is 3.82. The molecule has 0 unspecified atom stereocenters. The summed E-state index contributed by atoms with van der Waals surface area (Å²) in [5.74, 6) is 0.715. The molecule has 0 atom stereocenters. The summed E-state index contributed by atoms with van der Waals surface area (Å²) in [6, 6.07) is 0. The molecule has 0 fully saturated rings. The first-order chi connectivity index (χ1) is 5.38. The van der Waals surface area contributed by atoms with E-state index in [0.717, 1.165) is 5.70 Å². The van der Waals surface area contributed by atoms with E-state index < -0.39 is 0 Å². The highest BCUT2D eigenvalue weighted by Crippen LogP contribution is 2.01. The van der Waals surface area contributed by atoms with E-state index in [-0.39, 0.29) is 0 Å². The van der Waals surface area contributed by atoms with E-state index in [1.165, 1.54) is 6.33 Å². The van der Waals surface area contributed by atoms with Gasteiger partial charge >= 0.3 is 0 Å². The summed E-state index contributed by atoms with van der Waals surface area (Å²) in [6.45, 7) is 3.58. The van der Waals surface area contributed by atoms with Gasteiger partial charge < -0.3 is 10.3 Å². The molecule has 0 amide bonds. The lowest BCUT2D eigenvalue weighted by Gasteiger charge is -1.98. The van der Waals surface area contributed by atoms with Gasteiger partial charge in [-0.15, -0.1) is 10.2 Å². The first-order valence-electron chi connectivity index (χ1n) is 3.25. The first kappa shape index (κ1) is 7.53. The Morgan fingerprint density at radius 2 is 2.64 bits per heavy atom. The molecule has 11 heavy (non-hydrogen) atoms. The van der Waals surface area contributed by atoms with Crippen molar-refractivity contribution in [1.29, 1.82) is 0 Å². The van der Waals surface area contributed by atoms with E-state index in [9.17, 15) is 0 Å². The average Bonchev–Trinajstić information content (AvgIpc) is 2.52. The standard InChI is InChI=1S/C7H10N4/c1-3-4-6(8-2)7-9-5-10-11-7/h3-5,8H,1H2,2H3,(H,9,10,11)/b6-4-. The zero-order valence-electron chi connectivity index (χ0n) is 6.33. The van der Waals surface area contributed by atoms with Crippen molar-refractivity contribution < 1.29 is 0 Å². The van der Waals surface area contributed by atoms with Crippen molar-refractivity contribution in [2.24, 2.45) is 0 Å². The van der Waals surface area contributed by atoms with Gasteiger partial charge in [-0.25, -0.2) is 0 Å². The zero-order valence-corrected chi connectivity index (χ0v) is 6.33. The normalized spacial score (nSPS) is 11.2. The molecule has 0 bridgehead atoms. The highest BCUT2D eigenvalue weighted by atomic mass is 15.2. The van der Waals surface area contributed by atoms with Gasteiger partial charge in [0.05, 0.1) is 5.70 Å². The monoisotopic (exact) mass is 150 g/mol. The first-order valence-corrected chi connectivity index (χ1v) is 3.25. The minimum absolute atomic E-state index is 0.715. The molecule has 0 aliphatic heterocycles. The maximum absolute atomic E-state index is 3.82. The molecule has 58 valence electrons. The molecule has 1 aromatic rings. The van der Waals surface area contributed by atoms with Gasteiger partial charge in [0.2, 0.25) is 0 Å². The molecule has 1 aromatic heterocycles. The number of H-pyrrole nitrogens is 1. The number of hydrogen-bond donors (Lipinski definition) is 2. The second-order valence-electron chi connectivity index (χ2n) is 1.90. The third-order valence-corrected chi connectivity index (χ3v) is 1.23. The van der Waals surface area contributed by atoms with Crippen molar-refractivity contribution in [2.75, 3.05) is 7.05 Å². The van der Waals surface area contributed by atoms with E-state index in [1.54, 1.807) is 6.08 Å². The molecule has 0 aliphatic carbocycles. The number of rotatable bonds is 3. The van der Waals surface area contributed by atoms with Gasteiger partial charge in [0.1, 0.15) is 6.33 Å². The summed E-state index contributed by atoms with van der Waals surface area (Å²) in [7, 11) is 1.82. The maximum Gasteiger partial charge on any atom is 0.177 e. The number of aromatic nitrogens is 3. The Hall–Kier alpha value is -1.58. The summed E-state index contributed by atoms with van der Waals surface area (Å²) >= 11 is 0. The molecule has 1 rings (SSSR count). The van der Waals surface area contributed by atoms with Crippen LogP contribution in [0.15, 0.2) is 25.1 Å². The Kier molecular flexibility index (Phi) is 2.43.